The van der Waals surface area contributed by atoms with Crippen molar-refractivity contribution in [3.63, 3.8) is 0 Å². The minimum atomic E-state index is -0.572. The second-order valence-electron chi connectivity index (χ2n) is 5.00. The number of hydrogen-bond donors (Lipinski definition) is 1. The Kier molecular flexibility index (Phi) is 4.10. The van der Waals surface area contributed by atoms with E-state index in [-0.39, 0.29) is 11.7 Å². The highest BCUT2D eigenvalue weighted by Gasteiger charge is 2.28. The van der Waals surface area contributed by atoms with Gasteiger partial charge in [-0.2, -0.15) is 0 Å². The molecule has 0 amide bonds. The SMILES string of the molecule is COc1cc([N+](=O)[O-])ccc1NC1COC(C)(C)OC1. The lowest BCUT2D eigenvalue weighted by molar-refractivity contribution is -0.384. The lowest BCUT2D eigenvalue weighted by Gasteiger charge is -2.35. The molecule has 1 aromatic rings. The zero-order chi connectivity index (χ0) is 14.8. The molecule has 0 aromatic heterocycles. The van der Waals surface area contributed by atoms with E-state index in [1.165, 1.54) is 19.2 Å². The molecule has 1 fully saturated rings. The predicted molar refractivity (Wildman–Crippen MR) is 73.0 cm³/mol. The average molecular weight is 282 g/mol. The maximum absolute atomic E-state index is 10.7. The highest BCUT2D eigenvalue weighted by molar-refractivity contribution is 5.61. The van der Waals surface area contributed by atoms with Crippen LogP contribution in [0, 0.1) is 10.1 Å². The van der Waals surface area contributed by atoms with Gasteiger partial charge in [0.15, 0.2) is 5.79 Å². The monoisotopic (exact) mass is 282 g/mol. The fourth-order valence-corrected chi connectivity index (χ4v) is 1.91. The lowest BCUT2D eigenvalue weighted by Crippen LogP contribution is -2.45. The van der Waals surface area contributed by atoms with E-state index >= 15 is 0 Å². The average Bonchev–Trinajstić information content (AvgIpc) is 2.41. The Balaban J connectivity index is 2.08. The molecular weight excluding hydrogens is 264 g/mol. The largest absolute Gasteiger partial charge is 0.494 e. The standard InChI is InChI=1S/C13H18N2O5/c1-13(2)19-7-9(8-20-13)14-11-5-4-10(15(16)17)6-12(11)18-3/h4-6,9,14H,7-8H2,1-3H3. The first-order valence-corrected chi connectivity index (χ1v) is 6.28. The molecule has 1 N–H and O–H groups in total. The number of non-ortho nitro benzene ring substituents is 1. The van der Waals surface area contributed by atoms with E-state index < -0.39 is 10.7 Å². The van der Waals surface area contributed by atoms with Crippen LogP contribution in [0.3, 0.4) is 0 Å². The van der Waals surface area contributed by atoms with E-state index in [1.54, 1.807) is 6.07 Å². The van der Waals surface area contributed by atoms with Crippen LogP contribution in [0.5, 0.6) is 5.75 Å². The summed E-state index contributed by atoms with van der Waals surface area (Å²) in [6.45, 7) is 4.70. The summed E-state index contributed by atoms with van der Waals surface area (Å²) in [7, 11) is 1.47. The molecule has 2 rings (SSSR count). The van der Waals surface area contributed by atoms with E-state index in [1.807, 2.05) is 13.8 Å². The van der Waals surface area contributed by atoms with E-state index in [2.05, 4.69) is 5.32 Å². The van der Waals surface area contributed by atoms with Crippen LogP contribution in [0.2, 0.25) is 0 Å². The van der Waals surface area contributed by atoms with Crippen LogP contribution in [0.25, 0.3) is 0 Å². The fraction of sp³-hybridized carbons (Fsp3) is 0.538. The number of nitro groups is 1. The zero-order valence-corrected chi connectivity index (χ0v) is 11.7. The smallest absolute Gasteiger partial charge is 0.273 e. The third-order valence-corrected chi connectivity index (χ3v) is 3.02. The van der Waals surface area contributed by atoms with Crippen molar-refractivity contribution in [3.05, 3.63) is 28.3 Å². The summed E-state index contributed by atoms with van der Waals surface area (Å²) in [6.07, 6.45) is 0. The Morgan fingerprint density at radius 1 is 1.40 bits per heavy atom. The first-order valence-electron chi connectivity index (χ1n) is 6.28. The fourth-order valence-electron chi connectivity index (χ4n) is 1.91. The number of nitrogens with one attached hydrogen (secondary N) is 1. The molecule has 1 aliphatic heterocycles. The van der Waals surface area contributed by atoms with E-state index in [9.17, 15) is 10.1 Å². The van der Waals surface area contributed by atoms with E-state index in [0.717, 1.165) is 0 Å². The maximum Gasteiger partial charge on any atom is 0.273 e. The summed E-state index contributed by atoms with van der Waals surface area (Å²) in [5.41, 5.74) is 0.666. The molecule has 110 valence electrons. The van der Waals surface area contributed by atoms with E-state index in [0.29, 0.717) is 24.7 Å². The van der Waals surface area contributed by atoms with Gasteiger partial charge >= 0.3 is 0 Å². The van der Waals surface area contributed by atoms with Crippen molar-refractivity contribution in [2.24, 2.45) is 0 Å². The third-order valence-electron chi connectivity index (χ3n) is 3.02. The Morgan fingerprint density at radius 2 is 2.05 bits per heavy atom. The third kappa shape index (κ3) is 3.37. The summed E-state index contributed by atoms with van der Waals surface area (Å²) in [6, 6.07) is 4.41. The number of nitro benzene ring substituents is 1. The summed E-state index contributed by atoms with van der Waals surface area (Å²) in [4.78, 5) is 10.3. The molecule has 0 spiro atoms. The molecular formula is C13H18N2O5. The number of rotatable bonds is 4. The van der Waals surface area contributed by atoms with Gasteiger partial charge in [-0.05, 0) is 19.9 Å². The van der Waals surface area contributed by atoms with Crippen LogP contribution in [-0.2, 0) is 9.47 Å². The highest BCUT2D eigenvalue weighted by atomic mass is 16.7. The van der Waals surface area contributed by atoms with Crippen LogP contribution >= 0.6 is 0 Å². The normalized spacial score (nSPS) is 18.6. The number of nitrogens with zero attached hydrogens (tertiary/aromatic N) is 1. The van der Waals surface area contributed by atoms with Gasteiger partial charge in [0.05, 0.1) is 43.0 Å². The molecule has 0 saturated carbocycles. The van der Waals surface area contributed by atoms with Crippen molar-refractivity contribution in [2.45, 2.75) is 25.7 Å². The highest BCUT2D eigenvalue weighted by Crippen LogP contribution is 2.30. The first kappa shape index (κ1) is 14.5. The molecule has 0 bridgehead atoms. The number of anilines is 1. The Morgan fingerprint density at radius 3 is 2.60 bits per heavy atom. The van der Waals surface area contributed by atoms with E-state index in [4.69, 9.17) is 14.2 Å². The Hall–Kier alpha value is -1.86. The van der Waals surface area contributed by atoms with Gasteiger partial charge in [0.2, 0.25) is 0 Å². The maximum atomic E-state index is 10.7. The molecule has 0 atom stereocenters. The quantitative estimate of drug-likeness (QED) is 0.673. The van der Waals surface area contributed by atoms with Crippen molar-refractivity contribution < 1.29 is 19.1 Å². The topological polar surface area (TPSA) is 82.9 Å². The van der Waals surface area contributed by atoms with Crippen LogP contribution in [0.15, 0.2) is 18.2 Å². The van der Waals surface area contributed by atoms with Crippen LogP contribution < -0.4 is 10.1 Å². The van der Waals surface area contributed by atoms with Gasteiger partial charge in [0, 0.05) is 6.07 Å². The van der Waals surface area contributed by atoms with Gasteiger partial charge in [-0.25, -0.2) is 0 Å². The van der Waals surface area contributed by atoms with Crippen molar-refractivity contribution in [1.29, 1.82) is 0 Å². The summed E-state index contributed by atoms with van der Waals surface area (Å²) in [5.74, 6) is -0.151. The molecule has 7 heteroatoms. The molecule has 1 heterocycles. The second-order valence-corrected chi connectivity index (χ2v) is 5.00. The van der Waals surface area contributed by atoms with Crippen LogP contribution in [-0.4, -0.2) is 37.1 Å². The summed E-state index contributed by atoms with van der Waals surface area (Å²) >= 11 is 0. The molecule has 1 aliphatic rings. The summed E-state index contributed by atoms with van der Waals surface area (Å²) in [5, 5.41) is 13.9. The predicted octanol–water partition coefficient (Wildman–Crippen LogP) is 2.17. The zero-order valence-electron chi connectivity index (χ0n) is 11.7. The van der Waals surface area contributed by atoms with Gasteiger partial charge in [0.1, 0.15) is 5.75 Å². The molecule has 1 aromatic carbocycles. The van der Waals surface area contributed by atoms with Crippen molar-refractivity contribution in [3.8, 4) is 5.75 Å². The van der Waals surface area contributed by atoms with Gasteiger partial charge in [0.25, 0.3) is 5.69 Å². The molecule has 1 saturated heterocycles. The van der Waals surface area contributed by atoms with Crippen LogP contribution in [0.4, 0.5) is 11.4 Å². The molecule has 0 radical (unpaired) electrons. The van der Waals surface area contributed by atoms with Gasteiger partial charge in [-0.15, -0.1) is 0 Å². The Bertz CT molecular complexity index is 494. The second kappa shape index (κ2) is 5.64. The molecule has 7 nitrogen and oxygen atoms in total. The Labute approximate surface area is 117 Å². The van der Waals surface area contributed by atoms with Crippen molar-refractivity contribution in [2.75, 3.05) is 25.6 Å². The number of hydrogen-bond acceptors (Lipinski definition) is 6. The van der Waals surface area contributed by atoms with Gasteiger partial charge < -0.3 is 19.5 Å². The van der Waals surface area contributed by atoms with Crippen LogP contribution in [0.1, 0.15) is 13.8 Å². The minimum absolute atomic E-state index is 0.00956. The molecule has 0 unspecified atom stereocenters. The number of ether oxygens (including phenoxy) is 3. The van der Waals surface area contributed by atoms with Crippen molar-refractivity contribution in [1.82, 2.24) is 0 Å². The molecule has 20 heavy (non-hydrogen) atoms. The summed E-state index contributed by atoms with van der Waals surface area (Å²) < 4.78 is 16.3. The lowest BCUT2D eigenvalue weighted by atomic mass is 10.2. The number of methoxy groups -OCH3 is 1. The minimum Gasteiger partial charge on any atom is -0.494 e. The van der Waals surface area contributed by atoms with Gasteiger partial charge in [-0.1, -0.05) is 0 Å². The molecule has 0 aliphatic carbocycles. The van der Waals surface area contributed by atoms with Crippen molar-refractivity contribution >= 4 is 11.4 Å². The van der Waals surface area contributed by atoms with Gasteiger partial charge in [-0.3, -0.25) is 10.1 Å². The first-order chi connectivity index (χ1) is 9.41. The number of benzene rings is 1.